The molecule has 1 heterocycles. The molecule has 2 aromatic carbocycles. The minimum atomic E-state index is -3.51. The lowest BCUT2D eigenvalue weighted by molar-refractivity contribution is -0.122. The molecule has 1 fully saturated rings. The van der Waals surface area contributed by atoms with Crippen LogP contribution in [0.2, 0.25) is 0 Å². The van der Waals surface area contributed by atoms with Gasteiger partial charge in [0.1, 0.15) is 0 Å². The second kappa shape index (κ2) is 11.8. The molecule has 6 nitrogen and oxygen atoms in total. The number of aryl methyl sites for hydroxylation is 1. The third-order valence-corrected chi connectivity index (χ3v) is 7.69. The predicted molar refractivity (Wildman–Crippen MR) is 133 cm³/mol. The summed E-state index contributed by atoms with van der Waals surface area (Å²) in [6.07, 6.45) is 2.74. The topological polar surface area (TPSA) is 78.5 Å². The van der Waals surface area contributed by atoms with Gasteiger partial charge in [0.15, 0.2) is 0 Å². The maximum Gasteiger partial charge on any atom is 0.240 e. The van der Waals surface area contributed by atoms with E-state index in [2.05, 4.69) is 53.1 Å². The summed E-state index contributed by atoms with van der Waals surface area (Å²) in [6.45, 7) is 9.24. The summed E-state index contributed by atoms with van der Waals surface area (Å²) in [5.74, 6) is 0.742. The van der Waals surface area contributed by atoms with Gasteiger partial charge in [0.05, 0.1) is 11.4 Å². The van der Waals surface area contributed by atoms with E-state index in [4.69, 9.17) is 0 Å². The highest BCUT2D eigenvalue weighted by Crippen LogP contribution is 2.17. The Kier molecular flexibility index (Phi) is 9.06. The molecule has 0 bridgehead atoms. The molecule has 1 aliphatic heterocycles. The van der Waals surface area contributed by atoms with Gasteiger partial charge in [0.2, 0.25) is 15.9 Å². The van der Waals surface area contributed by atoms with Crippen LogP contribution in [-0.4, -0.2) is 51.9 Å². The van der Waals surface area contributed by atoms with E-state index >= 15 is 0 Å². The van der Waals surface area contributed by atoms with Gasteiger partial charge in [-0.1, -0.05) is 55.8 Å². The van der Waals surface area contributed by atoms with Gasteiger partial charge in [0.25, 0.3) is 0 Å². The number of carbonyl (C=O) groups excluding carboxylic acids is 1. The summed E-state index contributed by atoms with van der Waals surface area (Å²) in [5, 5.41) is 3.02. The number of rotatable bonds is 10. The van der Waals surface area contributed by atoms with Crippen molar-refractivity contribution in [2.75, 3.05) is 32.7 Å². The highest BCUT2D eigenvalue weighted by molar-refractivity contribution is 7.89. The third kappa shape index (κ3) is 7.95. The molecule has 2 N–H and O–H groups in total. The lowest BCUT2D eigenvalue weighted by atomic mass is 9.98. The summed E-state index contributed by atoms with van der Waals surface area (Å²) in [4.78, 5) is 14.8. The van der Waals surface area contributed by atoms with Crippen LogP contribution >= 0.6 is 0 Å². The molecule has 1 aliphatic rings. The average molecular weight is 472 g/mol. The molecule has 1 amide bonds. The minimum absolute atomic E-state index is 0.0229. The van der Waals surface area contributed by atoms with Gasteiger partial charge >= 0.3 is 0 Å². The van der Waals surface area contributed by atoms with Crippen molar-refractivity contribution < 1.29 is 13.2 Å². The van der Waals surface area contributed by atoms with E-state index in [9.17, 15) is 13.2 Å². The summed E-state index contributed by atoms with van der Waals surface area (Å²) in [5.41, 5.74) is 3.57. The van der Waals surface area contributed by atoms with E-state index in [0.717, 1.165) is 37.9 Å². The fourth-order valence-corrected chi connectivity index (χ4v) is 5.28. The Hall–Kier alpha value is -2.22. The minimum Gasteiger partial charge on any atom is -0.355 e. The lowest BCUT2D eigenvalue weighted by Gasteiger charge is -2.32. The molecular formula is C26H37N3O3S. The summed E-state index contributed by atoms with van der Waals surface area (Å²) in [6, 6.07) is 15.4. The van der Waals surface area contributed by atoms with Crippen molar-refractivity contribution in [1.29, 1.82) is 0 Å². The fourth-order valence-electron chi connectivity index (χ4n) is 4.16. The van der Waals surface area contributed by atoms with Crippen LogP contribution in [0.4, 0.5) is 0 Å². The zero-order chi connectivity index (χ0) is 23.8. The van der Waals surface area contributed by atoms with Crippen LogP contribution in [0.25, 0.3) is 0 Å². The number of amides is 1. The molecule has 0 spiro atoms. The standard InChI is InChI=1S/C26H37N3O3S/c1-20(2)24-10-8-22(9-11-24)14-15-27-26(30)19-29-16-4-5-23(18-29)17-28-33(31,32)25-12-6-21(3)7-13-25/h6-13,20,23,28H,4-5,14-19H2,1-3H3,(H,27,30). The number of hydrogen-bond acceptors (Lipinski definition) is 4. The molecule has 1 unspecified atom stereocenters. The normalized spacial score (nSPS) is 17.3. The number of benzene rings is 2. The van der Waals surface area contributed by atoms with E-state index in [1.165, 1.54) is 11.1 Å². The SMILES string of the molecule is Cc1ccc(S(=O)(=O)NCC2CCCN(CC(=O)NCCc3ccc(C(C)C)cc3)C2)cc1. The zero-order valence-electron chi connectivity index (χ0n) is 20.0. The molecule has 0 aliphatic carbocycles. The van der Waals surface area contributed by atoms with Gasteiger partial charge in [-0.2, -0.15) is 0 Å². The van der Waals surface area contributed by atoms with Gasteiger partial charge in [-0.25, -0.2) is 13.1 Å². The first kappa shape index (κ1) is 25.4. The highest BCUT2D eigenvalue weighted by atomic mass is 32.2. The Morgan fingerprint density at radius 1 is 1.09 bits per heavy atom. The van der Waals surface area contributed by atoms with Gasteiger partial charge in [-0.15, -0.1) is 0 Å². The molecule has 180 valence electrons. The summed E-state index contributed by atoms with van der Waals surface area (Å²) >= 11 is 0. The molecular weight excluding hydrogens is 434 g/mol. The maximum absolute atomic E-state index is 12.5. The maximum atomic E-state index is 12.5. The number of carbonyl (C=O) groups is 1. The molecule has 7 heteroatoms. The van der Waals surface area contributed by atoms with Crippen molar-refractivity contribution in [3.63, 3.8) is 0 Å². The van der Waals surface area contributed by atoms with E-state index in [1.807, 2.05) is 6.92 Å². The van der Waals surface area contributed by atoms with Crippen LogP contribution in [-0.2, 0) is 21.2 Å². The van der Waals surface area contributed by atoms with Crippen LogP contribution in [0.3, 0.4) is 0 Å². The van der Waals surface area contributed by atoms with Crippen molar-refractivity contribution in [3.8, 4) is 0 Å². The lowest BCUT2D eigenvalue weighted by Crippen LogP contribution is -2.45. The second-order valence-electron chi connectivity index (χ2n) is 9.40. The molecule has 0 saturated carbocycles. The molecule has 1 atom stereocenters. The molecule has 33 heavy (non-hydrogen) atoms. The summed E-state index contributed by atoms with van der Waals surface area (Å²) in [7, 11) is -3.51. The van der Waals surface area contributed by atoms with E-state index < -0.39 is 10.0 Å². The molecule has 3 rings (SSSR count). The first-order valence-electron chi connectivity index (χ1n) is 11.9. The first-order valence-corrected chi connectivity index (χ1v) is 13.4. The molecule has 1 saturated heterocycles. The Bertz CT molecular complexity index is 1000. The van der Waals surface area contributed by atoms with Crippen molar-refractivity contribution in [3.05, 3.63) is 65.2 Å². The van der Waals surface area contributed by atoms with E-state index in [1.54, 1.807) is 24.3 Å². The van der Waals surface area contributed by atoms with Crippen molar-refractivity contribution in [1.82, 2.24) is 14.9 Å². The molecule has 0 aromatic heterocycles. The Morgan fingerprint density at radius 2 is 1.79 bits per heavy atom. The van der Waals surface area contributed by atoms with Gasteiger partial charge in [-0.05, 0) is 67.8 Å². The van der Waals surface area contributed by atoms with Crippen LogP contribution in [0.5, 0.6) is 0 Å². The second-order valence-corrected chi connectivity index (χ2v) is 11.2. The summed E-state index contributed by atoms with van der Waals surface area (Å²) < 4.78 is 27.8. The van der Waals surface area contributed by atoms with Gasteiger partial charge in [-0.3, -0.25) is 9.69 Å². The average Bonchev–Trinajstić information content (AvgIpc) is 2.79. The van der Waals surface area contributed by atoms with Crippen LogP contribution < -0.4 is 10.0 Å². The van der Waals surface area contributed by atoms with E-state index in [0.29, 0.717) is 30.4 Å². The Labute approximate surface area is 198 Å². The largest absolute Gasteiger partial charge is 0.355 e. The zero-order valence-corrected chi connectivity index (χ0v) is 20.8. The number of nitrogens with one attached hydrogen (secondary N) is 2. The molecule has 2 aromatic rings. The monoisotopic (exact) mass is 471 g/mol. The van der Waals surface area contributed by atoms with Crippen molar-refractivity contribution >= 4 is 15.9 Å². The number of piperidine rings is 1. The smallest absolute Gasteiger partial charge is 0.240 e. The third-order valence-electron chi connectivity index (χ3n) is 6.25. The van der Waals surface area contributed by atoms with Crippen LogP contribution in [0.1, 0.15) is 49.3 Å². The highest BCUT2D eigenvalue weighted by Gasteiger charge is 2.23. The number of sulfonamides is 1. The fraction of sp³-hybridized carbons (Fsp3) is 0.500. The van der Waals surface area contributed by atoms with Gasteiger partial charge < -0.3 is 5.32 Å². The number of likely N-dealkylation sites (tertiary alicyclic amines) is 1. The van der Waals surface area contributed by atoms with Crippen molar-refractivity contribution in [2.45, 2.75) is 50.8 Å². The Balaban J connectivity index is 1.39. The quantitative estimate of drug-likeness (QED) is 0.556. The first-order chi connectivity index (χ1) is 15.7. The Morgan fingerprint density at radius 3 is 2.45 bits per heavy atom. The van der Waals surface area contributed by atoms with Crippen LogP contribution in [0, 0.1) is 12.8 Å². The van der Waals surface area contributed by atoms with Crippen LogP contribution in [0.15, 0.2) is 53.4 Å². The number of hydrogen-bond donors (Lipinski definition) is 2. The molecule has 0 radical (unpaired) electrons. The van der Waals surface area contributed by atoms with Crippen molar-refractivity contribution in [2.24, 2.45) is 5.92 Å². The van der Waals surface area contributed by atoms with E-state index in [-0.39, 0.29) is 11.8 Å². The predicted octanol–water partition coefficient (Wildman–Crippen LogP) is 3.47. The van der Waals surface area contributed by atoms with Gasteiger partial charge in [0, 0.05) is 19.6 Å². The number of nitrogens with zero attached hydrogens (tertiary/aromatic N) is 1.